The molecule has 3 heteroatoms. The second kappa shape index (κ2) is 7.20. The van der Waals surface area contributed by atoms with Gasteiger partial charge >= 0.3 is 0 Å². The lowest BCUT2D eigenvalue weighted by atomic mass is 10.1. The number of hydrogen-bond acceptors (Lipinski definition) is 2. The van der Waals surface area contributed by atoms with Crippen molar-refractivity contribution in [1.29, 1.82) is 0 Å². The van der Waals surface area contributed by atoms with Crippen LogP contribution in [0.5, 0.6) is 0 Å². The monoisotopic (exact) mass is 203 g/mol. The summed E-state index contributed by atoms with van der Waals surface area (Å²) < 4.78 is 5.53. The van der Waals surface area contributed by atoms with Crippen LogP contribution in [0, 0.1) is 12.3 Å². The van der Waals surface area contributed by atoms with E-state index in [0.717, 1.165) is 39.1 Å². The lowest BCUT2D eigenvalue weighted by Crippen LogP contribution is -2.37. The molecule has 1 rings (SSSR count). The summed E-state index contributed by atoms with van der Waals surface area (Å²) in [5, 5.41) is 0. The fourth-order valence-corrected chi connectivity index (χ4v) is 1.60. The maximum atomic E-state index is 5.53. The lowest BCUT2D eigenvalue weighted by Gasteiger charge is -2.30. The van der Waals surface area contributed by atoms with E-state index in [9.17, 15) is 0 Å². The Morgan fingerprint density at radius 1 is 1.46 bits per heavy atom. The second-order valence-electron chi connectivity index (χ2n) is 3.13. The van der Waals surface area contributed by atoms with Crippen LogP contribution in [-0.2, 0) is 4.74 Å². The molecular weight excluding hydrogens is 186 g/mol. The molecule has 0 unspecified atom stereocenters. The number of nitrogens with zero attached hydrogens (tertiary/aromatic N) is 1. The van der Waals surface area contributed by atoms with Crippen LogP contribution in [0.25, 0.3) is 0 Å². The van der Waals surface area contributed by atoms with Crippen molar-refractivity contribution in [2.75, 3.05) is 26.2 Å². The molecule has 1 fully saturated rings. The van der Waals surface area contributed by atoms with Gasteiger partial charge in [0.1, 0.15) is 0 Å². The van der Waals surface area contributed by atoms with Gasteiger partial charge in [0, 0.05) is 19.7 Å². The van der Waals surface area contributed by atoms with Crippen LogP contribution < -0.4 is 0 Å². The van der Waals surface area contributed by atoms with Gasteiger partial charge in [0.25, 0.3) is 0 Å². The van der Waals surface area contributed by atoms with Gasteiger partial charge in [-0.05, 0) is 19.8 Å². The zero-order valence-corrected chi connectivity index (χ0v) is 8.98. The molecule has 0 saturated carbocycles. The van der Waals surface area contributed by atoms with Gasteiger partial charge in [-0.15, -0.1) is 18.8 Å². The second-order valence-corrected chi connectivity index (χ2v) is 3.13. The Bertz CT molecular complexity index is 159. The number of rotatable bonds is 3. The molecule has 1 heterocycles. The molecule has 1 aliphatic rings. The van der Waals surface area contributed by atoms with Crippen molar-refractivity contribution in [3.8, 4) is 12.3 Å². The predicted octanol–water partition coefficient (Wildman–Crippen LogP) is 1.54. The smallest absolute Gasteiger partial charge is 0.0599 e. The third-order valence-corrected chi connectivity index (χ3v) is 2.25. The first-order valence-electron chi connectivity index (χ1n) is 4.64. The van der Waals surface area contributed by atoms with Crippen LogP contribution in [0.1, 0.15) is 19.8 Å². The molecular formula is C10H18ClNO. The third kappa shape index (κ3) is 4.52. The van der Waals surface area contributed by atoms with Crippen LogP contribution >= 0.6 is 12.4 Å². The van der Waals surface area contributed by atoms with Gasteiger partial charge in [0.05, 0.1) is 12.6 Å². The largest absolute Gasteiger partial charge is 0.378 e. The number of piperidine rings is 1. The highest BCUT2D eigenvalue weighted by Crippen LogP contribution is 2.12. The van der Waals surface area contributed by atoms with Crippen molar-refractivity contribution in [3.05, 3.63) is 0 Å². The fourth-order valence-electron chi connectivity index (χ4n) is 1.60. The normalized spacial score (nSPS) is 19.1. The van der Waals surface area contributed by atoms with Crippen LogP contribution in [0.3, 0.4) is 0 Å². The van der Waals surface area contributed by atoms with E-state index < -0.39 is 0 Å². The highest BCUT2D eigenvalue weighted by molar-refractivity contribution is 5.85. The molecule has 0 radical (unpaired) electrons. The Kier molecular flexibility index (Phi) is 7.07. The molecule has 0 spiro atoms. The molecule has 0 N–H and O–H groups in total. The van der Waals surface area contributed by atoms with E-state index in [2.05, 4.69) is 10.8 Å². The first kappa shape index (κ1) is 12.8. The Hall–Kier alpha value is -0.230. The Labute approximate surface area is 87.0 Å². The first-order valence-corrected chi connectivity index (χ1v) is 4.64. The lowest BCUT2D eigenvalue weighted by molar-refractivity contribution is 0.0171. The van der Waals surface area contributed by atoms with E-state index in [1.165, 1.54) is 0 Å². The quantitative estimate of drug-likeness (QED) is 0.646. The van der Waals surface area contributed by atoms with Crippen LogP contribution in [0.2, 0.25) is 0 Å². The van der Waals surface area contributed by atoms with Crippen LogP contribution in [0.4, 0.5) is 0 Å². The summed E-state index contributed by atoms with van der Waals surface area (Å²) in [7, 11) is 0. The molecule has 0 atom stereocenters. The maximum absolute atomic E-state index is 5.53. The number of ether oxygens (including phenoxy) is 1. The van der Waals surface area contributed by atoms with Gasteiger partial charge in [0.15, 0.2) is 0 Å². The minimum absolute atomic E-state index is 0. The first-order chi connectivity index (χ1) is 5.86. The van der Waals surface area contributed by atoms with Crippen LogP contribution in [0.15, 0.2) is 0 Å². The third-order valence-electron chi connectivity index (χ3n) is 2.25. The SMILES string of the molecule is C#CCN1CCC(OCC)CC1.Cl. The van der Waals surface area contributed by atoms with E-state index in [1.807, 2.05) is 6.92 Å². The highest BCUT2D eigenvalue weighted by Gasteiger charge is 2.17. The van der Waals surface area contributed by atoms with Gasteiger partial charge in [-0.3, -0.25) is 4.90 Å². The van der Waals surface area contributed by atoms with E-state index in [0.29, 0.717) is 6.10 Å². The van der Waals surface area contributed by atoms with Gasteiger partial charge < -0.3 is 4.74 Å². The molecule has 13 heavy (non-hydrogen) atoms. The van der Waals surface area contributed by atoms with Crippen LogP contribution in [-0.4, -0.2) is 37.2 Å². The van der Waals surface area contributed by atoms with Crippen molar-refractivity contribution in [3.63, 3.8) is 0 Å². The molecule has 2 nitrogen and oxygen atoms in total. The summed E-state index contributed by atoms with van der Waals surface area (Å²) in [5.74, 6) is 2.67. The van der Waals surface area contributed by atoms with Crippen molar-refractivity contribution in [1.82, 2.24) is 4.90 Å². The van der Waals surface area contributed by atoms with E-state index in [-0.39, 0.29) is 12.4 Å². The Morgan fingerprint density at radius 3 is 2.54 bits per heavy atom. The van der Waals surface area contributed by atoms with Gasteiger partial charge in [-0.2, -0.15) is 0 Å². The molecule has 0 bridgehead atoms. The molecule has 0 aromatic rings. The Morgan fingerprint density at radius 2 is 2.08 bits per heavy atom. The maximum Gasteiger partial charge on any atom is 0.0599 e. The van der Waals surface area contributed by atoms with Gasteiger partial charge in [-0.1, -0.05) is 5.92 Å². The number of halogens is 1. The van der Waals surface area contributed by atoms with Crippen molar-refractivity contribution in [2.45, 2.75) is 25.9 Å². The van der Waals surface area contributed by atoms with Crippen molar-refractivity contribution >= 4 is 12.4 Å². The highest BCUT2D eigenvalue weighted by atomic mass is 35.5. The van der Waals surface area contributed by atoms with Crippen molar-refractivity contribution < 1.29 is 4.74 Å². The summed E-state index contributed by atoms with van der Waals surface area (Å²) in [6, 6.07) is 0. The molecule has 0 aliphatic carbocycles. The van der Waals surface area contributed by atoms with Crippen molar-refractivity contribution in [2.24, 2.45) is 0 Å². The zero-order chi connectivity index (χ0) is 8.81. The summed E-state index contributed by atoms with van der Waals surface area (Å²) in [6.07, 6.45) is 7.97. The standard InChI is InChI=1S/C10H17NO.ClH/c1-3-7-11-8-5-10(6-9-11)12-4-2;/h1,10H,4-9H2,2H3;1H. The molecule has 0 aromatic heterocycles. The molecule has 0 aromatic carbocycles. The average Bonchev–Trinajstić information content (AvgIpc) is 2.09. The molecule has 1 aliphatic heterocycles. The van der Waals surface area contributed by atoms with Gasteiger partial charge in [0.2, 0.25) is 0 Å². The number of terminal acetylenes is 1. The fraction of sp³-hybridized carbons (Fsp3) is 0.800. The molecule has 1 saturated heterocycles. The van der Waals surface area contributed by atoms with E-state index >= 15 is 0 Å². The summed E-state index contributed by atoms with van der Waals surface area (Å²) in [4.78, 5) is 2.30. The average molecular weight is 204 g/mol. The zero-order valence-electron chi connectivity index (χ0n) is 8.16. The Balaban J connectivity index is 0.00000144. The minimum Gasteiger partial charge on any atom is -0.378 e. The van der Waals surface area contributed by atoms with E-state index in [1.54, 1.807) is 0 Å². The molecule has 0 amide bonds. The number of likely N-dealkylation sites (tertiary alicyclic amines) is 1. The minimum atomic E-state index is 0. The number of hydrogen-bond donors (Lipinski definition) is 0. The summed E-state index contributed by atoms with van der Waals surface area (Å²) in [5.41, 5.74) is 0. The van der Waals surface area contributed by atoms with Gasteiger partial charge in [-0.25, -0.2) is 0 Å². The molecule has 76 valence electrons. The summed E-state index contributed by atoms with van der Waals surface area (Å²) in [6.45, 7) is 5.86. The van der Waals surface area contributed by atoms with E-state index in [4.69, 9.17) is 11.2 Å². The topological polar surface area (TPSA) is 12.5 Å². The predicted molar refractivity (Wildman–Crippen MR) is 57.2 cm³/mol. The summed E-state index contributed by atoms with van der Waals surface area (Å²) >= 11 is 0.